The minimum absolute atomic E-state index is 0. The van der Waals surface area contributed by atoms with E-state index in [-0.39, 0.29) is 132 Å². The molecule has 0 spiro atoms. The molecule has 0 amide bonds. The predicted molar refractivity (Wildman–Crippen MR) is 0 cm³/mol. The van der Waals surface area contributed by atoms with Crippen molar-refractivity contribution in [2.24, 2.45) is 0 Å². The molecule has 0 saturated carbocycles. The Balaban J connectivity index is 0. The van der Waals surface area contributed by atoms with Gasteiger partial charge in [-0.15, -0.1) is 0 Å². The zero-order chi connectivity index (χ0) is 0. The van der Waals surface area contributed by atoms with Crippen LogP contribution in [0.3, 0.4) is 0 Å². The van der Waals surface area contributed by atoms with E-state index in [1.807, 2.05) is 0 Å². The summed E-state index contributed by atoms with van der Waals surface area (Å²) in [6.45, 7) is 0. The molecule has 1 radical (unpaired) electrons. The van der Waals surface area contributed by atoms with E-state index in [1.54, 1.807) is 0 Å². The third kappa shape index (κ3) is 24.4. The molecule has 0 atom stereocenters. The summed E-state index contributed by atoms with van der Waals surface area (Å²) in [4.78, 5) is 0. The van der Waals surface area contributed by atoms with Crippen LogP contribution in [-0.4, -0.2) is 0 Å². The van der Waals surface area contributed by atoms with Crippen molar-refractivity contribution in [2.45, 2.75) is 0 Å². The van der Waals surface area contributed by atoms with Crippen molar-refractivity contribution in [3.05, 3.63) is 0 Å². The first-order valence-corrected chi connectivity index (χ1v) is 0. The fourth-order valence-electron chi connectivity index (χ4n) is 0. The molecule has 0 N–H and O–H groups in total. The van der Waals surface area contributed by atoms with Crippen LogP contribution in [0.4, 0.5) is 0 Å². The number of hydrogen-bond donors (Lipinski definition) is 0. The van der Waals surface area contributed by atoms with Crippen LogP contribution in [0.25, 0.3) is 0 Å². The molecule has 0 saturated heterocycles. The Morgan fingerprint density at radius 3 is 0.500 bits per heavy atom. The first-order valence-electron chi connectivity index (χ1n) is 0. The Hall–Kier alpha value is 4.06. The molecule has 6 heavy (non-hydrogen) atoms. The van der Waals surface area contributed by atoms with Crippen LogP contribution >= 0.6 is 0 Å². The molecule has 6 heteroatoms. The summed E-state index contributed by atoms with van der Waals surface area (Å²) in [5.74, 6) is 0. The summed E-state index contributed by atoms with van der Waals surface area (Å²) in [5.41, 5.74) is 0. The molecule has 0 aromatic rings. The molecule has 0 aliphatic heterocycles. The maximum atomic E-state index is 0. The van der Waals surface area contributed by atoms with Crippen LogP contribution in [0.2, 0.25) is 0 Å². The fourth-order valence-corrected chi connectivity index (χ4v) is 0. The van der Waals surface area contributed by atoms with Crippen LogP contribution in [0, 0.1) is 0 Å². The van der Waals surface area contributed by atoms with Gasteiger partial charge >= 0.3 is 36.5 Å². The van der Waals surface area contributed by atoms with E-state index in [1.165, 1.54) is 0 Å². The van der Waals surface area contributed by atoms with E-state index in [4.69, 9.17) is 0 Å². The monoisotopic (exact) mass is 634 g/mol. The fraction of sp³-hybridized carbons (Fsp3) is 0. The number of halogens is 4. The molecule has 0 rings (SSSR count). The van der Waals surface area contributed by atoms with Crippen molar-refractivity contribution < 1.29 is 132 Å². The van der Waals surface area contributed by atoms with Gasteiger partial charge in [0.1, 0.15) is 0 Å². The molecule has 0 nitrogen and oxygen atoms in total. The summed E-state index contributed by atoms with van der Waals surface area (Å²) < 4.78 is 0. The van der Waals surface area contributed by atoms with Gasteiger partial charge in [0.15, 0.2) is 0 Å². The Labute approximate surface area is 129 Å². The van der Waals surface area contributed by atoms with E-state index >= 15 is 0 Å². The summed E-state index contributed by atoms with van der Waals surface area (Å²) >= 11 is 0. The van der Waals surface area contributed by atoms with Crippen molar-refractivity contribution in [3.63, 3.8) is 0 Å². The van der Waals surface area contributed by atoms with E-state index in [0.29, 0.717) is 0 Å². The van der Waals surface area contributed by atoms with Gasteiger partial charge in [0.2, 0.25) is 0 Å². The smallest absolute Gasteiger partial charge is 1.00 e. The van der Waals surface area contributed by atoms with E-state index in [2.05, 4.69) is 0 Å². The Morgan fingerprint density at radius 1 is 0.500 bits per heavy atom. The molecular weight excluding hydrogens is 637 g/mol. The SMILES string of the molecule is [Cu+2].[I-].[I-].[I-].[I-].[Zn+2]. The summed E-state index contributed by atoms with van der Waals surface area (Å²) in [6, 6.07) is 0. The maximum absolute atomic E-state index is 0. The van der Waals surface area contributed by atoms with Crippen LogP contribution in [0.1, 0.15) is 0 Å². The molecular formula is CuI4Zn. The summed E-state index contributed by atoms with van der Waals surface area (Å²) in [7, 11) is 0. The van der Waals surface area contributed by atoms with Gasteiger partial charge in [0.25, 0.3) is 0 Å². The molecule has 0 heterocycles. The van der Waals surface area contributed by atoms with Crippen LogP contribution < -0.4 is 95.9 Å². The van der Waals surface area contributed by atoms with Crippen molar-refractivity contribution in [3.8, 4) is 0 Å². The molecule has 0 unspecified atom stereocenters. The van der Waals surface area contributed by atoms with Crippen LogP contribution in [0.5, 0.6) is 0 Å². The maximum Gasteiger partial charge on any atom is 2.00 e. The van der Waals surface area contributed by atoms with Crippen molar-refractivity contribution in [1.82, 2.24) is 0 Å². The molecule has 0 fully saturated rings. The van der Waals surface area contributed by atoms with Gasteiger partial charge in [-0.1, -0.05) is 0 Å². The van der Waals surface area contributed by atoms with Gasteiger partial charge in [-0.05, 0) is 0 Å². The molecule has 0 aliphatic rings. The van der Waals surface area contributed by atoms with Crippen LogP contribution in [-0.2, 0) is 36.5 Å². The largest absolute Gasteiger partial charge is 2.00 e. The molecule has 41 valence electrons. The standard InChI is InChI=1S/Cu.4HI.Zn/h;4*1H;/q+2;;;;;+2/p-4. The van der Waals surface area contributed by atoms with Crippen LogP contribution in [0.15, 0.2) is 0 Å². The Bertz CT molecular complexity index is 7.51. The predicted octanol–water partition coefficient (Wildman–Crippen LogP) is -12.0. The van der Waals surface area contributed by atoms with Gasteiger partial charge in [-0.2, -0.15) is 0 Å². The second-order valence-electron chi connectivity index (χ2n) is 0. The third-order valence-electron chi connectivity index (χ3n) is 0. The summed E-state index contributed by atoms with van der Waals surface area (Å²) in [6.07, 6.45) is 0. The van der Waals surface area contributed by atoms with E-state index < -0.39 is 0 Å². The minimum atomic E-state index is 0. The van der Waals surface area contributed by atoms with Crippen molar-refractivity contribution >= 4 is 0 Å². The first kappa shape index (κ1) is 50.1. The Morgan fingerprint density at radius 2 is 0.500 bits per heavy atom. The topological polar surface area (TPSA) is 0 Å². The number of rotatable bonds is 0. The number of hydrogen-bond acceptors (Lipinski definition) is 0. The first-order chi connectivity index (χ1) is 0. The molecule has 0 aliphatic carbocycles. The zero-order valence-electron chi connectivity index (χ0n) is 2.52. The van der Waals surface area contributed by atoms with Crippen molar-refractivity contribution in [1.29, 1.82) is 0 Å². The second kappa shape index (κ2) is 35.7. The Kier molecular flexibility index (Phi) is 298. The zero-order valence-corrected chi connectivity index (χ0v) is 15.1. The van der Waals surface area contributed by atoms with Gasteiger partial charge < -0.3 is 95.9 Å². The molecule has 0 aromatic carbocycles. The minimum Gasteiger partial charge on any atom is -1.00 e. The average Bonchev–Trinajstić information content (AvgIpc) is 0. The average molecular weight is 637 g/mol. The second-order valence-corrected chi connectivity index (χ2v) is 0. The van der Waals surface area contributed by atoms with Gasteiger partial charge in [0, 0.05) is 0 Å². The van der Waals surface area contributed by atoms with Crippen molar-refractivity contribution in [2.75, 3.05) is 0 Å². The van der Waals surface area contributed by atoms with E-state index in [0.717, 1.165) is 0 Å². The van der Waals surface area contributed by atoms with Gasteiger partial charge in [0.05, 0.1) is 0 Å². The normalized spacial score (nSPS) is 0. The molecule has 0 bridgehead atoms. The van der Waals surface area contributed by atoms with Gasteiger partial charge in [-0.25, -0.2) is 0 Å². The van der Waals surface area contributed by atoms with Gasteiger partial charge in [-0.3, -0.25) is 0 Å². The molecule has 0 aromatic heterocycles. The summed E-state index contributed by atoms with van der Waals surface area (Å²) in [5, 5.41) is 0. The quantitative estimate of drug-likeness (QED) is 0.183. The van der Waals surface area contributed by atoms with E-state index in [9.17, 15) is 0 Å². The third-order valence-corrected chi connectivity index (χ3v) is 0.